The zero-order chi connectivity index (χ0) is 17.7. The fraction of sp³-hybridized carbons (Fsp3) is 0.545. The van der Waals surface area contributed by atoms with Gasteiger partial charge in [0.2, 0.25) is 0 Å². The second-order valence-electron chi connectivity index (χ2n) is 7.24. The number of benzene rings is 2. The Balaban J connectivity index is 2.73. The maximum atomic E-state index is 2.33. The van der Waals surface area contributed by atoms with E-state index in [0.29, 0.717) is 0 Å². The summed E-state index contributed by atoms with van der Waals surface area (Å²) in [6.45, 7) is 4.54. The molecule has 2 aromatic carbocycles. The zero-order valence-corrected chi connectivity index (χ0v) is 16.4. The summed E-state index contributed by atoms with van der Waals surface area (Å²) in [7, 11) is 8.73. The summed E-state index contributed by atoms with van der Waals surface area (Å²) in [5.74, 6) is 0. The molecule has 0 amide bonds. The number of hydrogen-bond donors (Lipinski definition) is 0. The van der Waals surface area contributed by atoms with Crippen molar-refractivity contribution < 1.29 is 0 Å². The van der Waals surface area contributed by atoms with E-state index in [9.17, 15) is 0 Å². The van der Waals surface area contributed by atoms with E-state index >= 15 is 0 Å². The van der Waals surface area contributed by atoms with Crippen molar-refractivity contribution in [2.75, 3.05) is 38.0 Å². The molecule has 0 heterocycles. The van der Waals surface area contributed by atoms with E-state index in [2.05, 4.69) is 76.1 Å². The summed E-state index contributed by atoms with van der Waals surface area (Å²) in [4.78, 5) is 4.62. The molecule has 0 radical (unpaired) electrons. The zero-order valence-electron chi connectivity index (χ0n) is 16.4. The molecule has 2 rings (SSSR count). The second kappa shape index (κ2) is 8.41. The van der Waals surface area contributed by atoms with Crippen LogP contribution in [0.3, 0.4) is 0 Å². The minimum atomic E-state index is 1.16. The Morgan fingerprint density at radius 1 is 0.667 bits per heavy atom. The quantitative estimate of drug-likeness (QED) is 0.618. The van der Waals surface area contributed by atoms with E-state index in [1.54, 1.807) is 0 Å². The van der Waals surface area contributed by atoms with Crippen molar-refractivity contribution in [2.45, 2.75) is 52.4 Å². The van der Waals surface area contributed by atoms with Crippen LogP contribution in [0.4, 0.5) is 11.4 Å². The average molecular weight is 327 g/mol. The third kappa shape index (κ3) is 3.85. The number of unbranched alkanes of at least 4 members (excludes halogenated alkanes) is 2. The molecule has 2 heteroatoms. The Morgan fingerprint density at radius 3 is 1.42 bits per heavy atom. The molecule has 24 heavy (non-hydrogen) atoms. The second-order valence-corrected chi connectivity index (χ2v) is 7.24. The van der Waals surface area contributed by atoms with Crippen molar-refractivity contribution in [1.82, 2.24) is 0 Å². The lowest BCUT2D eigenvalue weighted by molar-refractivity contribution is 0.792. The van der Waals surface area contributed by atoms with E-state index in [1.165, 1.54) is 59.0 Å². The van der Waals surface area contributed by atoms with Gasteiger partial charge in [-0.1, -0.05) is 51.0 Å². The number of aryl methyl sites for hydroxylation is 2. The molecule has 0 aromatic heterocycles. The van der Waals surface area contributed by atoms with Crippen molar-refractivity contribution in [2.24, 2.45) is 0 Å². The number of rotatable bonds is 8. The first kappa shape index (κ1) is 18.6. The number of fused-ring (bicyclic) bond motifs is 1. The average Bonchev–Trinajstić information content (AvgIpc) is 2.56. The van der Waals surface area contributed by atoms with E-state index in [0.717, 1.165) is 12.8 Å². The van der Waals surface area contributed by atoms with E-state index in [1.807, 2.05) is 0 Å². The summed E-state index contributed by atoms with van der Waals surface area (Å²) >= 11 is 0. The van der Waals surface area contributed by atoms with Crippen molar-refractivity contribution in [3.63, 3.8) is 0 Å². The standard InChI is InChI=1S/C22H34N2/c1-7-9-11-18-15-13-17-14-16-19(12-10-8-2)22(24(5)6)20(17)21(18)23(3)4/h13-16H,7-12H2,1-6H3. The summed E-state index contributed by atoms with van der Waals surface area (Å²) in [5, 5.41) is 2.77. The van der Waals surface area contributed by atoms with Crippen LogP contribution in [0.5, 0.6) is 0 Å². The molecule has 0 aliphatic carbocycles. The van der Waals surface area contributed by atoms with Crippen molar-refractivity contribution in [3.8, 4) is 0 Å². The summed E-state index contributed by atoms with van der Waals surface area (Å²) in [5.41, 5.74) is 5.76. The molecule has 132 valence electrons. The number of nitrogens with zero attached hydrogens (tertiary/aromatic N) is 2. The molecular weight excluding hydrogens is 292 g/mol. The third-order valence-corrected chi connectivity index (χ3v) is 4.79. The van der Waals surface area contributed by atoms with Crippen LogP contribution in [-0.2, 0) is 12.8 Å². The van der Waals surface area contributed by atoms with Crippen LogP contribution in [0, 0.1) is 0 Å². The largest absolute Gasteiger partial charge is 0.377 e. The lowest BCUT2D eigenvalue weighted by Gasteiger charge is -2.27. The highest BCUT2D eigenvalue weighted by Gasteiger charge is 2.17. The molecule has 2 aromatic rings. The molecule has 0 saturated carbocycles. The van der Waals surface area contributed by atoms with Gasteiger partial charge in [0.25, 0.3) is 0 Å². The molecule has 0 aliphatic rings. The van der Waals surface area contributed by atoms with Crippen LogP contribution in [0.25, 0.3) is 10.8 Å². The monoisotopic (exact) mass is 326 g/mol. The third-order valence-electron chi connectivity index (χ3n) is 4.79. The lowest BCUT2D eigenvalue weighted by atomic mass is 9.94. The molecule has 0 fully saturated rings. The first-order valence-corrected chi connectivity index (χ1v) is 9.43. The normalized spacial score (nSPS) is 11.1. The minimum absolute atomic E-state index is 1.16. The minimum Gasteiger partial charge on any atom is -0.377 e. The van der Waals surface area contributed by atoms with Crippen LogP contribution in [0.15, 0.2) is 24.3 Å². The van der Waals surface area contributed by atoms with Gasteiger partial charge in [-0.25, -0.2) is 0 Å². The van der Waals surface area contributed by atoms with E-state index in [-0.39, 0.29) is 0 Å². The van der Waals surface area contributed by atoms with Crippen LogP contribution >= 0.6 is 0 Å². The Morgan fingerprint density at radius 2 is 1.08 bits per heavy atom. The van der Waals surface area contributed by atoms with Crippen molar-refractivity contribution >= 4 is 22.1 Å². The molecular formula is C22H34N2. The van der Waals surface area contributed by atoms with Gasteiger partial charge in [0, 0.05) is 45.0 Å². The lowest BCUT2D eigenvalue weighted by Crippen LogP contribution is -2.16. The fourth-order valence-corrected chi connectivity index (χ4v) is 3.63. The summed E-state index contributed by atoms with van der Waals surface area (Å²) in [6.07, 6.45) is 7.29. The first-order valence-electron chi connectivity index (χ1n) is 9.43. The molecule has 0 N–H and O–H groups in total. The number of hydrogen-bond acceptors (Lipinski definition) is 2. The SMILES string of the molecule is CCCCc1ccc2ccc(CCCC)c(N(C)C)c2c1N(C)C. The van der Waals surface area contributed by atoms with Crippen LogP contribution in [-0.4, -0.2) is 28.2 Å². The highest BCUT2D eigenvalue weighted by Crippen LogP contribution is 2.39. The van der Waals surface area contributed by atoms with Gasteiger partial charge in [-0.05, 0) is 42.2 Å². The van der Waals surface area contributed by atoms with E-state index in [4.69, 9.17) is 0 Å². The summed E-state index contributed by atoms with van der Waals surface area (Å²) < 4.78 is 0. The van der Waals surface area contributed by atoms with Gasteiger partial charge in [0.15, 0.2) is 0 Å². The fourth-order valence-electron chi connectivity index (χ4n) is 3.63. The Kier molecular flexibility index (Phi) is 6.53. The molecule has 2 nitrogen and oxygen atoms in total. The highest BCUT2D eigenvalue weighted by atomic mass is 15.1. The van der Waals surface area contributed by atoms with Gasteiger partial charge in [0.1, 0.15) is 0 Å². The Labute approximate surface area is 148 Å². The Bertz CT molecular complexity index is 616. The van der Waals surface area contributed by atoms with Crippen molar-refractivity contribution in [1.29, 1.82) is 0 Å². The van der Waals surface area contributed by atoms with Gasteiger partial charge in [-0.15, -0.1) is 0 Å². The molecule has 0 unspecified atom stereocenters. The molecule has 0 saturated heterocycles. The van der Waals surface area contributed by atoms with Crippen LogP contribution in [0.1, 0.15) is 50.7 Å². The van der Waals surface area contributed by atoms with Crippen molar-refractivity contribution in [3.05, 3.63) is 35.4 Å². The molecule has 0 aliphatic heterocycles. The van der Waals surface area contributed by atoms with Gasteiger partial charge >= 0.3 is 0 Å². The highest BCUT2D eigenvalue weighted by molar-refractivity contribution is 6.06. The van der Waals surface area contributed by atoms with Crippen LogP contribution in [0.2, 0.25) is 0 Å². The topological polar surface area (TPSA) is 6.48 Å². The van der Waals surface area contributed by atoms with Gasteiger partial charge in [0.05, 0.1) is 0 Å². The first-order chi connectivity index (χ1) is 11.5. The number of anilines is 2. The molecule has 0 atom stereocenters. The van der Waals surface area contributed by atoms with Gasteiger partial charge < -0.3 is 9.80 Å². The van der Waals surface area contributed by atoms with Gasteiger partial charge in [-0.3, -0.25) is 0 Å². The Hall–Kier alpha value is -1.70. The molecule has 0 spiro atoms. The maximum absolute atomic E-state index is 2.33. The summed E-state index contributed by atoms with van der Waals surface area (Å²) in [6, 6.07) is 9.28. The molecule has 0 bridgehead atoms. The van der Waals surface area contributed by atoms with Crippen LogP contribution < -0.4 is 9.80 Å². The smallest absolute Gasteiger partial charge is 0.0494 e. The van der Waals surface area contributed by atoms with Gasteiger partial charge in [-0.2, -0.15) is 0 Å². The predicted octanol–water partition coefficient (Wildman–Crippen LogP) is 5.66. The maximum Gasteiger partial charge on any atom is 0.0494 e. The van der Waals surface area contributed by atoms with E-state index < -0.39 is 0 Å². The predicted molar refractivity (Wildman–Crippen MR) is 110 cm³/mol.